The normalized spacial score (nSPS) is 11.4. The van der Waals surface area contributed by atoms with E-state index in [2.05, 4.69) is 0 Å². The Morgan fingerprint density at radius 3 is 2.28 bits per heavy atom. The van der Waals surface area contributed by atoms with Crippen molar-refractivity contribution in [3.8, 4) is 23.0 Å². The molecular formula is C21H16O7S. The van der Waals surface area contributed by atoms with Gasteiger partial charge in [-0.25, -0.2) is 0 Å². The topological polar surface area (TPSA) is 121 Å². The van der Waals surface area contributed by atoms with Crippen LogP contribution < -0.4 is 4.18 Å². The summed E-state index contributed by atoms with van der Waals surface area (Å²) in [5.74, 6) is -1.23. The van der Waals surface area contributed by atoms with E-state index in [0.29, 0.717) is 0 Å². The molecule has 3 aromatic carbocycles. The minimum atomic E-state index is -4.13. The highest BCUT2D eigenvalue weighted by Gasteiger charge is 2.17. The molecule has 0 heterocycles. The van der Waals surface area contributed by atoms with E-state index in [1.165, 1.54) is 72.8 Å². The highest BCUT2D eigenvalue weighted by molar-refractivity contribution is 7.87. The molecule has 0 radical (unpaired) electrons. The number of hydrogen-bond donors (Lipinski definition) is 3. The Morgan fingerprint density at radius 1 is 0.897 bits per heavy atom. The molecule has 7 nitrogen and oxygen atoms in total. The van der Waals surface area contributed by atoms with Crippen LogP contribution in [0.5, 0.6) is 23.0 Å². The smallest absolute Gasteiger partial charge is 0.339 e. The van der Waals surface area contributed by atoms with Crippen LogP contribution in [0.3, 0.4) is 0 Å². The summed E-state index contributed by atoms with van der Waals surface area (Å²) in [5, 5.41) is 28.6. The van der Waals surface area contributed by atoms with Crippen molar-refractivity contribution in [1.29, 1.82) is 0 Å². The lowest BCUT2D eigenvalue weighted by Crippen LogP contribution is -2.09. The fraction of sp³-hybridized carbons (Fsp3) is 0. The molecule has 0 aliphatic heterocycles. The Morgan fingerprint density at radius 2 is 1.59 bits per heavy atom. The Balaban J connectivity index is 1.73. The van der Waals surface area contributed by atoms with Gasteiger partial charge in [-0.3, -0.25) is 4.79 Å². The van der Waals surface area contributed by atoms with Gasteiger partial charge in [-0.05, 0) is 54.6 Å². The van der Waals surface area contributed by atoms with E-state index in [4.69, 9.17) is 4.18 Å². The lowest BCUT2D eigenvalue weighted by molar-refractivity contribution is 0.104. The third-order valence-electron chi connectivity index (χ3n) is 3.91. The molecule has 148 valence electrons. The lowest BCUT2D eigenvalue weighted by atomic mass is 10.1. The molecule has 0 bridgehead atoms. The van der Waals surface area contributed by atoms with Crippen molar-refractivity contribution >= 4 is 22.0 Å². The van der Waals surface area contributed by atoms with Gasteiger partial charge < -0.3 is 19.5 Å². The zero-order valence-electron chi connectivity index (χ0n) is 14.9. The largest absolute Gasteiger partial charge is 0.508 e. The van der Waals surface area contributed by atoms with Crippen LogP contribution in [0.2, 0.25) is 0 Å². The van der Waals surface area contributed by atoms with Gasteiger partial charge in [0.2, 0.25) is 0 Å². The van der Waals surface area contributed by atoms with Gasteiger partial charge in [-0.2, -0.15) is 8.42 Å². The van der Waals surface area contributed by atoms with Crippen molar-refractivity contribution in [2.75, 3.05) is 0 Å². The summed E-state index contributed by atoms with van der Waals surface area (Å²) in [4.78, 5) is 12.0. The van der Waals surface area contributed by atoms with Gasteiger partial charge in [-0.15, -0.1) is 0 Å². The molecule has 3 N–H and O–H groups in total. The van der Waals surface area contributed by atoms with Crippen molar-refractivity contribution < 1.29 is 32.7 Å². The Hall–Kier alpha value is -3.78. The first kappa shape index (κ1) is 20.0. The molecule has 0 saturated heterocycles. The highest BCUT2D eigenvalue weighted by Crippen LogP contribution is 2.29. The third kappa shape index (κ3) is 4.74. The summed E-state index contributed by atoms with van der Waals surface area (Å²) in [6.45, 7) is 0. The third-order valence-corrected chi connectivity index (χ3v) is 5.15. The van der Waals surface area contributed by atoms with Gasteiger partial charge in [0.25, 0.3) is 0 Å². The SMILES string of the molecule is O=C(C=Cc1cccc(O)c1O)c1ccc(OS(=O)(=O)c2cccc(O)c2)cc1. The number of allylic oxidation sites excluding steroid dienone is 1. The average molecular weight is 412 g/mol. The van der Waals surface area contributed by atoms with Crippen molar-refractivity contribution in [3.05, 3.63) is 83.9 Å². The summed E-state index contributed by atoms with van der Waals surface area (Å²) >= 11 is 0. The fourth-order valence-corrected chi connectivity index (χ4v) is 3.40. The van der Waals surface area contributed by atoms with E-state index in [9.17, 15) is 28.5 Å². The van der Waals surface area contributed by atoms with Gasteiger partial charge in [0.05, 0.1) is 0 Å². The average Bonchev–Trinajstić information content (AvgIpc) is 2.69. The van der Waals surface area contributed by atoms with E-state index >= 15 is 0 Å². The monoisotopic (exact) mass is 412 g/mol. The van der Waals surface area contributed by atoms with Gasteiger partial charge in [0, 0.05) is 17.2 Å². The van der Waals surface area contributed by atoms with Crippen LogP contribution in [-0.4, -0.2) is 29.5 Å². The van der Waals surface area contributed by atoms with Crippen LogP contribution >= 0.6 is 0 Å². The standard InChI is InChI=1S/C21H16O7S/c22-16-4-2-5-18(13-16)29(26,27)28-17-10-7-14(8-11-17)19(23)12-9-15-3-1-6-20(24)21(15)25/h1-13,22,24-25H. The summed E-state index contributed by atoms with van der Waals surface area (Å²) in [6, 6.07) is 14.9. The number of aromatic hydroxyl groups is 3. The minimum absolute atomic E-state index is 0.000464. The predicted octanol–water partition coefficient (Wildman–Crippen LogP) is 3.47. The molecule has 29 heavy (non-hydrogen) atoms. The second-order valence-electron chi connectivity index (χ2n) is 5.97. The molecular weight excluding hydrogens is 396 g/mol. The molecule has 0 saturated carbocycles. The van der Waals surface area contributed by atoms with Crippen LogP contribution in [0.1, 0.15) is 15.9 Å². The molecule has 0 unspecified atom stereocenters. The van der Waals surface area contributed by atoms with Gasteiger partial charge in [0.15, 0.2) is 17.3 Å². The maximum absolute atomic E-state index is 12.3. The van der Waals surface area contributed by atoms with E-state index in [-0.39, 0.29) is 39.0 Å². The Kier molecular flexibility index (Phi) is 5.56. The van der Waals surface area contributed by atoms with E-state index < -0.39 is 15.9 Å². The second kappa shape index (κ2) is 8.07. The molecule has 0 aliphatic rings. The van der Waals surface area contributed by atoms with Crippen LogP contribution in [0, 0.1) is 0 Å². The van der Waals surface area contributed by atoms with Crippen LogP contribution in [-0.2, 0) is 10.1 Å². The number of phenols is 3. The maximum atomic E-state index is 12.3. The van der Waals surface area contributed by atoms with Crippen molar-refractivity contribution in [2.45, 2.75) is 4.90 Å². The molecule has 0 atom stereocenters. The molecule has 8 heteroatoms. The first-order valence-electron chi connectivity index (χ1n) is 8.33. The molecule has 3 aromatic rings. The maximum Gasteiger partial charge on any atom is 0.339 e. The quantitative estimate of drug-likeness (QED) is 0.245. The van der Waals surface area contributed by atoms with Gasteiger partial charge in [-0.1, -0.05) is 18.2 Å². The van der Waals surface area contributed by atoms with E-state index in [1.807, 2.05) is 0 Å². The first-order valence-corrected chi connectivity index (χ1v) is 9.74. The summed E-state index contributed by atoms with van der Waals surface area (Å²) < 4.78 is 29.5. The Labute approximate surface area is 166 Å². The van der Waals surface area contributed by atoms with Crippen molar-refractivity contribution in [1.82, 2.24) is 0 Å². The predicted molar refractivity (Wildman–Crippen MR) is 105 cm³/mol. The summed E-state index contributed by atoms with van der Waals surface area (Å²) in [5.41, 5.74) is 0.540. The van der Waals surface area contributed by atoms with E-state index in [0.717, 1.165) is 6.07 Å². The molecule has 0 fully saturated rings. The lowest BCUT2D eigenvalue weighted by Gasteiger charge is -2.07. The van der Waals surface area contributed by atoms with Gasteiger partial charge >= 0.3 is 10.1 Å². The van der Waals surface area contributed by atoms with Crippen LogP contribution in [0.25, 0.3) is 6.08 Å². The molecule has 0 amide bonds. The number of hydrogen-bond acceptors (Lipinski definition) is 7. The summed E-state index contributed by atoms with van der Waals surface area (Å²) in [7, 11) is -4.13. The second-order valence-corrected chi connectivity index (χ2v) is 7.52. The molecule has 0 aliphatic carbocycles. The fourth-order valence-electron chi connectivity index (χ4n) is 2.43. The number of carbonyl (C=O) groups excluding carboxylic acids is 1. The number of ketones is 1. The zero-order valence-corrected chi connectivity index (χ0v) is 15.7. The number of para-hydroxylation sites is 1. The molecule has 3 rings (SSSR count). The van der Waals surface area contributed by atoms with Crippen molar-refractivity contribution in [3.63, 3.8) is 0 Å². The minimum Gasteiger partial charge on any atom is -0.508 e. The van der Waals surface area contributed by atoms with Crippen LogP contribution in [0.15, 0.2) is 77.7 Å². The number of benzene rings is 3. The molecule has 0 aromatic heterocycles. The summed E-state index contributed by atoms with van der Waals surface area (Å²) in [6.07, 6.45) is 2.57. The first-order chi connectivity index (χ1) is 13.8. The van der Waals surface area contributed by atoms with Gasteiger partial charge in [0.1, 0.15) is 16.4 Å². The zero-order chi connectivity index (χ0) is 21.0. The number of rotatable bonds is 6. The van der Waals surface area contributed by atoms with Crippen molar-refractivity contribution in [2.24, 2.45) is 0 Å². The molecule has 0 spiro atoms. The number of carbonyl (C=O) groups is 1. The van der Waals surface area contributed by atoms with Crippen LogP contribution in [0.4, 0.5) is 0 Å². The Bertz CT molecular complexity index is 1180. The number of phenolic OH excluding ortho intramolecular Hbond substituents is 3. The highest BCUT2D eigenvalue weighted by atomic mass is 32.2. The van der Waals surface area contributed by atoms with E-state index in [1.54, 1.807) is 0 Å².